The zero-order chi connectivity index (χ0) is 16.1. The molecule has 23 heavy (non-hydrogen) atoms. The van der Waals surface area contributed by atoms with Crippen LogP contribution in [-0.4, -0.2) is 34.2 Å². The van der Waals surface area contributed by atoms with Gasteiger partial charge >= 0.3 is 0 Å². The Hall–Kier alpha value is -1.88. The Morgan fingerprint density at radius 1 is 1.30 bits per heavy atom. The largest absolute Gasteiger partial charge is 0.381 e. The van der Waals surface area contributed by atoms with Gasteiger partial charge in [0, 0.05) is 24.7 Å². The SMILES string of the molecule is CC(C)Cc1noc(CN2CCCC(Nc3ccccc3)C2)n1. The topological polar surface area (TPSA) is 54.2 Å². The van der Waals surface area contributed by atoms with E-state index in [9.17, 15) is 0 Å². The van der Waals surface area contributed by atoms with Crippen molar-refractivity contribution in [2.75, 3.05) is 18.4 Å². The van der Waals surface area contributed by atoms with Gasteiger partial charge in [-0.1, -0.05) is 37.2 Å². The highest BCUT2D eigenvalue weighted by molar-refractivity contribution is 5.43. The second kappa shape index (κ2) is 7.59. The van der Waals surface area contributed by atoms with E-state index in [1.807, 2.05) is 6.07 Å². The summed E-state index contributed by atoms with van der Waals surface area (Å²) in [6.07, 6.45) is 3.27. The minimum Gasteiger partial charge on any atom is -0.381 e. The standard InChI is InChI=1S/C18H26N4O/c1-14(2)11-17-20-18(23-21-17)13-22-10-6-9-16(12-22)19-15-7-4-3-5-8-15/h3-5,7-8,14,16,19H,6,9-13H2,1-2H3. The van der Waals surface area contributed by atoms with Crippen molar-refractivity contribution in [3.63, 3.8) is 0 Å². The van der Waals surface area contributed by atoms with Gasteiger partial charge in [-0.15, -0.1) is 0 Å². The van der Waals surface area contributed by atoms with Crippen LogP contribution < -0.4 is 5.32 Å². The van der Waals surface area contributed by atoms with Gasteiger partial charge in [0.1, 0.15) is 0 Å². The quantitative estimate of drug-likeness (QED) is 0.886. The fourth-order valence-electron chi connectivity index (χ4n) is 3.08. The first-order valence-corrected chi connectivity index (χ1v) is 8.54. The molecular formula is C18H26N4O. The Kier molecular flexibility index (Phi) is 5.28. The van der Waals surface area contributed by atoms with Gasteiger partial charge < -0.3 is 9.84 Å². The number of aromatic nitrogens is 2. The summed E-state index contributed by atoms with van der Waals surface area (Å²) in [7, 11) is 0. The van der Waals surface area contributed by atoms with Crippen LogP contribution in [0, 0.1) is 5.92 Å². The van der Waals surface area contributed by atoms with E-state index in [0.717, 1.165) is 37.8 Å². The normalized spacial score (nSPS) is 19.2. The van der Waals surface area contributed by atoms with Crippen LogP contribution in [0.25, 0.3) is 0 Å². The van der Waals surface area contributed by atoms with E-state index in [1.54, 1.807) is 0 Å². The molecule has 0 amide bonds. The van der Waals surface area contributed by atoms with Crippen LogP contribution in [0.2, 0.25) is 0 Å². The van der Waals surface area contributed by atoms with Crippen molar-refractivity contribution >= 4 is 5.69 Å². The molecule has 1 fully saturated rings. The van der Waals surface area contributed by atoms with Gasteiger partial charge in [0.25, 0.3) is 0 Å². The summed E-state index contributed by atoms with van der Waals surface area (Å²) >= 11 is 0. The fourth-order valence-corrected chi connectivity index (χ4v) is 3.08. The smallest absolute Gasteiger partial charge is 0.240 e. The highest BCUT2D eigenvalue weighted by Gasteiger charge is 2.21. The van der Waals surface area contributed by atoms with Crippen LogP contribution in [-0.2, 0) is 13.0 Å². The number of nitrogens with one attached hydrogen (secondary N) is 1. The zero-order valence-corrected chi connectivity index (χ0v) is 14.0. The Morgan fingerprint density at radius 3 is 2.91 bits per heavy atom. The van der Waals surface area contributed by atoms with Gasteiger partial charge in [-0.3, -0.25) is 4.90 Å². The van der Waals surface area contributed by atoms with Crippen molar-refractivity contribution in [3.05, 3.63) is 42.0 Å². The lowest BCUT2D eigenvalue weighted by Crippen LogP contribution is -2.41. The minimum atomic E-state index is 0.476. The van der Waals surface area contributed by atoms with Gasteiger partial charge in [0.05, 0.1) is 6.54 Å². The monoisotopic (exact) mass is 314 g/mol. The lowest BCUT2D eigenvalue weighted by molar-refractivity contribution is 0.184. The molecule has 1 unspecified atom stereocenters. The summed E-state index contributed by atoms with van der Waals surface area (Å²) in [4.78, 5) is 6.91. The Labute approximate surface area is 138 Å². The molecule has 0 radical (unpaired) electrons. The number of para-hydroxylation sites is 1. The lowest BCUT2D eigenvalue weighted by Gasteiger charge is -2.32. The average Bonchev–Trinajstić information content (AvgIpc) is 2.95. The highest BCUT2D eigenvalue weighted by atomic mass is 16.5. The maximum absolute atomic E-state index is 5.40. The molecule has 5 nitrogen and oxygen atoms in total. The summed E-state index contributed by atoms with van der Waals surface area (Å²) in [5.74, 6) is 2.11. The molecule has 1 aromatic carbocycles. The predicted molar refractivity (Wildman–Crippen MR) is 91.2 cm³/mol. The van der Waals surface area contributed by atoms with Crippen molar-refractivity contribution in [2.24, 2.45) is 5.92 Å². The summed E-state index contributed by atoms with van der Waals surface area (Å²) in [6.45, 7) is 7.19. The molecular weight excluding hydrogens is 288 g/mol. The molecule has 0 aliphatic carbocycles. The minimum absolute atomic E-state index is 0.476. The third-order valence-corrected chi connectivity index (χ3v) is 4.11. The van der Waals surface area contributed by atoms with E-state index < -0.39 is 0 Å². The Morgan fingerprint density at radius 2 is 2.13 bits per heavy atom. The molecule has 1 aliphatic heterocycles. The number of hydrogen-bond donors (Lipinski definition) is 1. The Balaban J connectivity index is 1.53. The van der Waals surface area contributed by atoms with Crippen LogP contribution in [0.4, 0.5) is 5.69 Å². The fraction of sp³-hybridized carbons (Fsp3) is 0.556. The molecule has 124 valence electrons. The molecule has 3 rings (SSSR count). The maximum Gasteiger partial charge on any atom is 0.240 e. The zero-order valence-electron chi connectivity index (χ0n) is 14.0. The molecule has 0 bridgehead atoms. The van der Waals surface area contributed by atoms with Gasteiger partial charge in [0.15, 0.2) is 5.82 Å². The number of likely N-dealkylation sites (tertiary alicyclic amines) is 1. The van der Waals surface area contributed by atoms with Crippen LogP contribution in [0.3, 0.4) is 0 Å². The van der Waals surface area contributed by atoms with Crippen LogP contribution in [0.1, 0.15) is 38.4 Å². The number of benzene rings is 1. The average molecular weight is 314 g/mol. The lowest BCUT2D eigenvalue weighted by atomic mass is 10.1. The van der Waals surface area contributed by atoms with E-state index in [-0.39, 0.29) is 0 Å². The molecule has 0 spiro atoms. The van der Waals surface area contributed by atoms with E-state index in [1.165, 1.54) is 18.5 Å². The van der Waals surface area contributed by atoms with Crippen LogP contribution in [0.5, 0.6) is 0 Å². The van der Waals surface area contributed by atoms with Crippen LogP contribution in [0.15, 0.2) is 34.9 Å². The summed E-state index contributed by atoms with van der Waals surface area (Å²) < 4.78 is 5.40. The van der Waals surface area contributed by atoms with E-state index in [2.05, 4.69) is 58.5 Å². The second-order valence-electron chi connectivity index (χ2n) is 6.79. The molecule has 5 heteroatoms. The molecule has 1 aliphatic rings. The van der Waals surface area contributed by atoms with E-state index >= 15 is 0 Å². The molecule has 1 N–H and O–H groups in total. The van der Waals surface area contributed by atoms with E-state index in [0.29, 0.717) is 12.0 Å². The van der Waals surface area contributed by atoms with Gasteiger partial charge in [0.2, 0.25) is 5.89 Å². The van der Waals surface area contributed by atoms with Crippen molar-refractivity contribution in [1.29, 1.82) is 0 Å². The third-order valence-electron chi connectivity index (χ3n) is 4.11. The molecule has 0 saturated carbocycles. The molecule has 1 saturated heterocycles. The molecule has 2 aromatic rings. The number of piperidine rings is 1. The number of hydrogen-bond acceptors (Lipinski definition) is 5. The number of anilines is 1. The summed E-state index contributed by atoms with van der Waals surface area (Å²) in [5.41, 5.74) is 1.19. The van der Waals surface area contributed by atoms with E-state index in [4.69, 9.17) is 4.52 Å². The highest BCUT2D eigenvalue weighted by Crippen LogP contribution is 2.17. The third kappa shape index (κ3) is 4.79. The molecule has 1 atom stereocenters. The molecule has 2 heterocycles. The molecule has 1 aromatic heterocycles. The first-order valence-electron chi connectivity index (χ1n) is 8.54. The van der Waals surface area contributed by atoms with Crippen molar-refractivity contribution in [3.8, 4) is 0 Å². The van der Waals surface area contributed by atoms with Crippen molar-refractivity contribution in [1.82, 2.24) is 15.0 Å². The summed E-state index contributed by atoms with van der Waals surface area (Å²) in [5, 5.41) is 7.70. The van der Waals surface area contributed by atoms with Crippen molar-refractivity contribution < 1.29 is 4.52 Å². The number of nitrogens with zero attached hydrogens (tertiary/aromatic N) is 3. The summed E-state index contributed by atoms with van der Waals surface area (Å²) in [6, 6.07) is 10.9. The maximum atomic E-state index is 5.40. The van der Waals surface area contributed by atoms with Gasteiger partial charge in [-0.25, -0.2) is 0 Å². The van der Waals surface area contributed by atoms with Crippen LogP contribution >= 0.6 is 0 Å². The number of rotatable bonds is 6. The van der Waals surface area contributed by atoms with Gasteiger partial charge in [-0.05, 0) is 37.4 Å². The van der Waals surface area contributed by atoms with Crippen molar-refractivity contribution in [2.45, 2.75) is 45.7 Å². The Bertz CT molecular complexity index is 596. The first kappa shape index (κ1) is 16.0. The predicted octanol–water partition coefficient (Wildman–Crippen LogP) is 3.34. The second-order valence-corrected chi connectivity index (χ2v) is 6.79. The van der Waals surface area contributed by atoms with Gasteiger partial charge in [-0.2, -0.15) is 4.98 Å². The first-order chi connectivity index (χ1) is 11.2.